The molecule has 1 fully saturated rings. The Bertz CT molecular complexity index is 876. The van der Waals surface area contributed by atoms with Gasteiger partial charge in [-0.2, -0.15) is 17.4 Å². The summed E-state index contributed by atoms with van der Waals surface area (Å²) >= 11 is 5.77. The Hall–Kier alpha value is -1.04. The van der Waals surface area contributed by atoms with Gasteiger partial charge in [-0.25, -0.2) is 4.39 Å². The Labute approximate surface area is 178 Å². The molecule has 29 heavy (non-hydrogen) atoms. The summed E-state index contributed by atoms with van der Waals surface area (Å²) < 4.78 is 47.8. The highest BCUT2D eigenvalue weighted by molar-refractivity contribution is 7.87. The van der Waals surface area contributed by atoms with Crippen LogP contribution in [0.25, 0.3) is 0 Å². The van der Waals surface area contributed by atoms with Crippen LogP contribution in [-0.4, -0.2) is 59.7 Å². The van der Waals surface area contributed by atoms with Crippen molar-refractivity contribution in [3.8, 4) is 0 Å². The van der Waals surface area contributed by atoms with Gasteiger partial charge < -0.3 is 9.33 Å². The van der Waals surface area contributed by atoms with E-state index in [2.05, 4.69) is 38.6 Å². The quantitative estimate of drug-likeness (QED) is 0.655. The standard InChI is InChI=1S/C18H29ClFN3O4SSi/c1-18(2,3)29(5,6)27-10-9-23-12-16(21-28(23,25)26)17(24)22(4)13-7-8-15(20)14(19)11-13/h7-8,11,16,21H,9-10,12H2,1-6H3/t16-/m0/s1. The fraction of sp³-hybridized carbons (Fsp3) is 0.611. The van der Waals surface area contributed by atoms with E-state index in [4.69, 9.17) is 16.0 Å². The lowest BCUT2D eigenvalue weighted by molar-refractivity contribution is -0.119. The van der Waals surface area contributed by atoms with Gasteiger partial charge >= 0.3 is 0 Å². The smallest absolute Gasteiger partial charge is 0.280 e. The molecule has 11 heteroatoms. The topological polar surface area (TPSA) is 79.0 Å². The molecule has 1 aromatic rings. The fourth-order valence-electron chi connectivity index (χ4n) is 2.61. The fourth-order valence-corrected chi connectivity index (χ4v) is 5.16. The average molecular weight is 466 g/mol. The highest BCUT2D eigenvalue weighted by Crippen LogP contribution is 2.36. The molecule has 164 valence electrons. The highest BCUT2D eigenvalue weighted by Gasteiger charge is 2.41. The SMILES string of the molecule is CN(C(=O)[C@@H]1CN(CCO[Si](C)(C)C(C)(C)C)S(=O)(=O)N1)c1ccc(F)c(Cl)c1. The molecular weight excluding hydrogens is 437 g/mol. The Balaban J connectivity index is 2.02. The molecule has 1 aliphatic heterocycles. The monoisotopic (exact) mass is 465 g/mol. The maximum Gasteiger partial charge on any atom is 0.280 e. The number of hydrogen-bond donors (Lipinski definition) is 1. The Kier molecular flexibility index (Phi) is 7.18. The van der Waals surface area contributed by atoms with Gasteiger partial charge in [-0.1, -0.05) is 32.4 Å². The van der Waals surface area contributed by atoms with E-state index in [-0.39, 0.29) is 29.8 Å². The summed E-state index contributed by atoms with van der Waals surface area (Å²) in [5.74, 6) is -1.05. The third kappa shape index (κ3) is 5.56. The summed E-state index contributed by atoms with van der Waals surface area (Å²) in [4.78, 5) is 14.0. The first-order valence-corrected chi connectivity index (χ1v) is 14.0. The molecule has 1 N–H and O–H groups in total. The molecule has 2 rings (SSSR count). The number of carbonyl (C=O) groups excluding carboxylic acids is 1. The minimum absolute atomic E-state index is 0.00129. The first-order chi connectivity index (χ1) is 13.2. The van der Waals surface area contributed by atoms with Gasteiger partial charge in [0.25, 0.3) is 10.2 Å². The Morgan fingerprint density at radius 1 is 1.41 bits per heavy atom. The van der Waals surface area contributed by atoms with Crippen LogP contribution in [0.1, 0.15) is 20.8 Å². The van der Waals surface area contributed by atoms with Crippen LogP contribution in [-0.2, 0) is 19.4 Å². The number of anilines is 1. The van der Waals surface area contributed by atoms with E-state index in [1.54, 1.807) is 0 Å². The van der Waals surface area contributed by atoms with Gasteiger partial charge in [0.2, 0.25) is 5.91 Å². The third-order valence-corrected chi connectivity index (χ3v) is 12.0. The van der Waals surface area contributed by atoms with Gasteiger partial charge in [-0.3, -0.25) is 4.79 Å². The Morgan fingerprint density at radius 2 is 2.03 bits per heavy atom. The minimum Gasteiger partial charge on any atom is -0.415 e. The Morgan fingerprint density at radius 3 is 2.59 bits per heavy atom. The normalized spacial score (nSPS) is 20.1. The van der Waals surface area contributed by atoms with Crippen LogP contribution in [0.3, 0.4) is 0 Å². The van der Waals surface area contributed by atoms with Gasteiger partial charge in [-0.05, 0) is 36.3 Å². The molecular formula is C18H29ClFN3O4SSi. The van der Waals surface area contributed by atoms with Crippen LogP contribution in [0.5, 0.6) is 0 Å². The molecule has 1 amide bonds. The second-order valence-electron chi connectivity index (χ2n) is 8.64. The predicted octanol–water partition coefficient (Wildman–Crippen LogP) is 2.98. The first-order valence-electron chi connectivity index (χ1n) is 9.30. The van der Waals surface area contributed by atoms with E-state index in [0.717, 1.165) is 6.07 Å². The number of carbonyl (C=O) groups is 1. The van der Waals surface area contributed by atoms with Crippen LogP contribution in [0.15, 0.2) is 18.2 Å². The molecule has 0 aromatic heterocycles. The van der Waals surface area contributed by atoms with Crippen LogP contribution in [0.2, 0.25) is 23.2 Å². The van der Waals surface area contributed by atoms with Crippen molar-refractivity contribution in [3.05, 3.63) is 29.0 Å². The number of rotatable bonds is 6. The summed E-state index contributed by atoms with van der Waals surface area (Å²) in [6.45, 7) is 11.0. The van der Waals surface area contributed by atoms with Gasteiger partial charge in [0, 0.05) is 32.4 Å². The van der Waals surface area contributed by atoms with Gasteiger partial charge in [0.05, 0.1) is 5.02 Å². The lowest BCUT2D eigenvalue weighted by Crippen LogP contribution is -2.44. The van der Waals surface area contributed by atoms with E-state index < -0.39 is 36.3 Å². The molecule has 7 nitrogen and oxygen atoms in total. The van der Waals surface area contributed by atoms with Gasteiger partial charge in [0.15, 0.2) is 8.32 Å². The molecule has 1 heterocycles. The highest BCUT2D eigenvalue weighted by atomic mass is 35.5. The predicted molar refractivity (Wildman–Crippen MR) is 115 cm³/mol. The van der Waals surface area contributed by atoms with Gasteiger partial charge in [-0.15, -0.1) is 0 Å². The number of likely N-dealkylation sites (N-methyl/N-ethyl adjacent to an activating group) is 1. The van der Waals surface area contributed by atoms with Crippen molar-refractivity contribution >= 4 is 41.7 Å². The molecule has 0 spiro atoms. The number of hydrogen-bond acceptors (Lipinski definition) is 4. The third-order valence-electron chi connectivity index (χ3n) is 5.55. The summed E-state index contributed by atoms with van der Waals surface area (Å²) in [6.07, 6.45) is 0. The maximum absolute atomic E-state index is 13.4. The van der Waals surface area contributed by atoms with Crippen molar-refractivity contribution in [2.75, 3.05) is 31.6 Å². The van der Waals surface area contributed by atoms with Crippen molar-refractivity contribution in [1.29, 1.82) is 0 Å². The lowest BCUT2D eigenvalue weighted by Gasteiger charge is -2.36. The number of nitrogens with zero attached hydrogens (tertiary/aromatic N) is 2. The van der Waals surface area contributed by atoms with Crippen LogP contribution >= 0.6 is 11.6 Å². The molecule has 1 atom stereocenters. The molecule has 1 aliphatic rings. The molecule has 0 radical (unpaired) electrons. The van der Waals surface area contributed by atoms with E-state index in [1.165, 1.54) is 28.4 Å². The van der Waals surface area contributed by atoms with Crippen molar-refractivity contribution in [1.82, 2.24) is 9.03 Å². The maximum atomic E-state index is 13.4. The molecule has 0 aliphatic carbocycles. The molecule has 1 aromatic carbocycles. The van der Waals surface area contributed by atoms with E-state index in [1.807, 2.05) is 0 Å². The van der Waals surface area contributed by atoms with Crippen LogP contribution in [0.4, 0.5) is 10.1 Å². The zero-order chi connectivity index (χ0) is 22.2. The van der Waals surface area contributed by atoms with Crippen LogP contribution in [0, 0.1) is 5.82 Å². The molecule has 0 bridgehead atoms. The number of benzene rings is 1. The summed E-state index contributed by atoms with van der Waals surface area (Å²) in [5, 5.41) is -0.0918. The van der Waals surface area contributed by atoms with Crippen molar-refractivity contribution in [2.45, 2.75) is 44.9 Å². The van der Waals surface area contributed by atoms with Gasteiger partial charge in [0.1, 0.15) is 11.9 Å². The molecule has 0 saturated carbocycles. The summed E-state index contributed by atoms with van der Waals surface area (Å²) in [6, 6.07) is 2.95. The summed E-state index contributed by atoms with van der Waals surface area (Å²) in [7, 11) is -4.28. The van der Waals surface area contributed by atoms with Crippen LogP contribution < -0.4 is 9.62 Å². The van der Waals surface area contributed by atoms with E-state index >= 15 is 0 Å². The minimum atomic E-state index is -3.78. The number of halogens is 2. The van der Waals surface area contributed by atoms with E-state index in [0.29, 0.717) is 5.69 Å². The van der Waals surface area contributed by atoms with Crippen molar-refractivity contribution in [2.24, 2.45) is 0 Å². The van der Waals surface area contributed by atoms with Crippen molar-refractivity contribution < 1.29 is 22.0 Å². The second-order valence-corrected chi connectivity index (χ2v) is 15.6. The lowest BCUT2D eigenvalue weighted by atomic mass is 10.2. The number of nitrogens with one attached hydrogen (secondary N) is 1. The van der Waals surface area contributed by atoms with Crippen molar-refractivity contribution in [3.63, 3.8) is 0 Å². The molecule has 1 saturated heterocycles. The second kappa shape index (κ2) is 8.60. The zero-order valence-electron chi connectivity index (χ0n) is 17.6. The number of amides is 1. The average Bonchev–Trinajstić information content (AvgIpc) is 2.89. The first kappa shape index (κ1) is 24.2. The zero-order valence-corrected chi connectivity index (χ0v) is 20.2. The largest absolute Gasteiger partial charge is 0.415 e. The molecule has 0 unspecified atom stereocenters. The summed E-state index contributed by atoms with van der Waals surface area (Å²) in [5.41, 5.74) is 0.375. The van der Waals surface area contributed by atoms with E-state index in [9.17, 15) is 17.6 Å².